The van der Waals surface area contributed by atoms with Crippen molar-refractivity contribution >= 4 is 23.9 Å². The summed E-state index contributed by atoms with van der Waals surface area (Å²) in [4.78, 5) is 62.9. The summed E-state index contributed by atoms with van der Waals surface area (Å²) >= 11 is 0. The number of rotatable bonds is 8. The number of aromatic nitrogens is 1. The van der Waals surface area contributed by atoms with E-state index in [-0.39, 0.29) is 22.6 Å². The van der Waals surface area contributed by atoms with Crippen LogP contribution >= 0.6 is 0 Å². The van der Waals surface area contributed by atoms with Gasteiger partial charge in [0.15, 0.2) is 24.5 Å². The molecule has 44 heavy (non-hydrogen) atoms. The molecule has 13 nitrogen and oxygen atoms in total. The molecule has 1 aliphatic heterocycles. The van der Waals surface area contributed by atoms with Gasteiger partial charge >= 0.3 is 23.9 Å². The Balaban J connectivity index is 2.04. The molecule has 4 rings (SSSR count). The highest BCUT2D eigenvalue weighted by Crippen LogP contribution is 2.38. The quantitative estimate of drug-likeness (QED) is 0.271. The third kappa shape index (κ3) is 6.87. The van der Waals surface area contributed by atoms with E-state index < -0.39 is 66.7 Å². The first-order valence-electron chi connectivity index (χ1n) is 13.5. The van der Waals surface area contributed by atoms with Crippen LogP contribution in [0.15, 0.2) is 57.9 Å². The number of pyridine rings is 1. The van der Waals surface area contributed by atoms with Crippen LogP contribution < -0.4 is 5.56 Å². The predicted octanol–water partition coefficient (Wildman–Crippen LogP) is 3.21. The molecule has 1 aliphatic rings. The van der Waals surface area contributed by atoms with Crippen LogP contribution in [0.3, 0.4) is 0 Å². The molecule has 3 aromatic rings. The van der Waals surface area contributed by atoms with E-state index in [9.17, 15) is 29.2 Å². The van der Waals surface area contributed by atoms with Gasteiger partial charge in [0.05, 0.1) is 12.0 Å². The molecule has 3 heterocycles. The molecule has 0 radical (unpaired) electrons. The molecule has 0 N–H and O–H groups in total. The number of ether oxygens (including phenoxy) is 5. The van der Waals surface area contributed by atoms with Crippen molar-refractivity contribution in [1.29, 1.82) is 5.26 Å². The molecule has 0 unspecified atom stereocenters. The highest BCUT2D eigenvalue weighted by Gasteiger charge is 2.53. The molecule has 2 aromatic heterocycles. The lowest BCUT2D eigenvalue weighted by Gasteiger charge is -2.45. The number of furan rings is 1. The lowest BCUT2D eigenvalue weighted by Crippen LogP contribution is -2.61. The number of hydrogen-bond acceptors (Lipinski definition) is 12. The van der Waals surface area contributed by atoms with Crippen LogP contribution in [0.25, 0.3) is 22.6 Å². The van der Waals surface area contributed by atoms with Gasteiger partial charge in [-0.2, -0.15) is 5.26 Å². The first kappa shape index (κ1) is 31.7. The highest BCUT2D eigenvalue weighted by atomic mass is 16.7. The number of carbonyl (C=O) groups is 4. The molecule has 0 saturated carbocycles. The molecule has 230 valence electrons. The molecule has 1 saturated heterocycles. The van der Waals surface area contributed by atoms with E-state index in [0.29, 0.717) is 5.56 Å². The molecular formula is C31H30N2O11. The topological polar surface area (TPSA) is 173 Å². The zero-order valence-electron chi connectivity index (χ0n) is 24.6. The average Bonchev–Trinajstić information content (AvgIpc) is 3.49. The van der Waals surface area contributed by atoms with Gasteiger partial charge in [-0.1, -0.05) is 29.8 Å². The maximum Gasteiger partial charge on any atom is 0.303 e. The Morgan fingerprint density at radius 3 is 2.05 bits per heavy atom. The van der Waals surface area contributed by atoms with Crippen LogP contribution in [0.4, 0.5) is 0 Å². The van der Waals surface area contributed by atoms with Crippen molar-refractivity contribution in [2.45, 2.75) is 65.3 Å². The van der Waals surface area contributed by atoms with E-state index in [4.69, 9.17) is 28.1 Å². The fourth-order valence-electron chi connectivity index (χ4n) is 4.97. The predicted molar refractivity (Wildman–Crippen MR) is 150 cm³/mol. The highest BCUT2D eigenvalue weighted by molar-refractivity contribution is 5.73. The number of hydrogen-bond donors (Lipinski definition) is 0. The van der Waals surface area contributed by atoms with Crippen LogP contribution in [0.1, 0.15) is 45.0 Å². The normalized spacial score (nSPS) is 21.0. The van der Waals surface area contributed by atoms with E-state index in [0.717, 1.165) is 37.8 Å². The Kier molecular flexibility index (Phi) is 9.65. The van der Waals surface area contributed by atoms with Gasteiger partial charge in [0.2, 0.25) is 0 Å². The third-order valence-electron chi connectivity index (χ3n) is 6.71. The minimum Gasteiger partial charge on any atom is -0.464 e. The monoisotopic (exact) mass is 606 g/mol. The van der Waals surface area contributed by atoms with Crippen molar-refractivity contribution in [3.8, 4) is 28.7 Å². The van der Waals surface area contributed by atoms with Crippen molar-refractivity contribution in [3.05, 3.63) is 70.2 Å². The molecule has 0 bridgehead atoms. The number of aryl methyl sites for hydroxylation is 1. The number of esters is 4. The lowest BCUT2D eigenvalue weighted by atomic mass is 9.95. The van der Waals surface area contributed by atoms with Crippen LogP contribution in [0.2, 0.25) is 0 Å². The molecule has 5 atom stereocenters. The van der Waals surface area contributed by atoms with Crippen molar-refractivity contribution in [3.63, 3.8) is 0 Å². The van der Waals surface area contributed by atoms with Crippen molar-refractivity contribution in [2.75, 3.05) is 6.61 Å². The summed E-state index contributed by atoms with van der Waals surface area (Å²) in [6.07, 6.45) is -6.00. The first-order chi connectivity index (χ1) is 20.9. The van der Waals surface area contributed by atoms with E-state index in [1.165, 1.54) is 6.26 Å². The second-order valence-electron chi connectivity index (χ2n) is 10.0. The van der Waals surface area contributed by atoms with E-state index in [1.54, 1.807) is 30.3 Å². The molecular weight excluding hydrogens is 576 g/mol. The standard InChI is InChI=1S/C31H30N2O11/c1-16-8-10-21(11-9-16)24-13-22(25-7-6-12-39-25)23(14-32)30(38)33(24)31-29(43-20(5)37)28(42-19(4)36)27(41-18(3)35)26(44-31)15-40-17(2)34/h6-13,26-29,31H,15H2,1-5H3/t26-,27+,28+,29+,31-/m0/s1. The smallest absolute Gasteiger partial charge is 0.303 e. The van der Waals surface area contributed by atoms with Gasteiger partial charge in [-0.3, -0.25) is 28.5 Å². The summed E-state index contributed by atoms with van der Waals surface area (Å²) in [5.41, 5.74) is 0.690. The van der Waals surface area contributed by atoms with Crippen molar-refractivity contribution in [2.24, 2.45) is 0 Å². The molecule has 1 aromatic carbocycles. The number of benzene rings is 1. The minimum absolute atomic E-state index is 0.194. The SMILES string of the molecule is CC(=O)OC[C@@H]1O[C@H](n2c(-c3ccc(C)cc3)cc(-c3ccco3)c(C#N)c2=O)[C@H](OC(C)=O)[C@H](OC(C)=O)[C@@H]1OC(C)=O. The fourth-order valence-corrected chi connectivity index (χ4v) is 4.97. The van der Waals surface area contributed by atoms with Gasteiger partial charge in [-0.05, 0) is 30.7 Å². The van der Waals surface area contributed by atoms with Gasteiger partial charge in [0, 0.05) is 33.3 Å². The summed E-state index contributed by atoms with van der Waals surface area (Å²) in [5.74, 6) is -2.90. The summed E-state index contributed by atoms with van der Waals surface area (Å²) < 4.78 is 34.6. The Labute approximate surface area is 251 Å². The van der Waals surface area contributed by atoms with Gasteiger partial charge in [-0.15, -0.1) is 0 Å². The minimum atomic E-state index is -1.57. The maximum atomic E-state index is 14.3. The third-order valence-corrected chi connectivity index (χ3v) is 6.71. The molecule has 1 fully saturated rings. The van der Waals surface area contributed by atoms with E-state index >= 15 is 0 Å². The molecule has 13 heteroatoms. The zero-order valence-corrected chi connectivity index (χ0v) is 24.6. The Bertz CT molecular complexity index is 1650. The van der Waals surface area contributed by atoms with Gasteiger partial charge in [-0.25, -0.2) is 0 Å². The van der Waals surface area contributed by atoms with Crippen molar-refractivity contribution in [1.82, 2.24) is 4.57 Å². The fraction of sp³-hybridized carbons (Fsp3) is 0.355. The lowest BCUT2D eigenvalue weighted by molar-refractivity contribution is -0.268. The Morgan fingerprint density at radius 2 is 1.50 bits per heavy atom. The van der Waals surface area contributed by atoms with Crippen LogP contribution in [0.5, 0.6) is 0 Å². The molecule has 0 aliphatic carbocycles. The van der Waals surface area contributed by atoms with E-state index in [2.05, 4.69) is 0 Å². The van der Waals surface area contributed by atoms with Crippen LogP contribution in [-0.2, 0) is 42.9 Å². The number of nitrogens with zero attached hydrogens (tertiary/aromatic N) is 2. The molecule has 0 spiro atoms. The molecule has 0 amide bonds. The van der Waals surface area contributed by atoms with Gasteiger partial charge < -0.3 is 28.1 Å². The number of nitriles is 1. The first-order valence-corrected chi connectivity index (χ1v) is 13.5. The average molecular weight is 607 g/mol. The second kappa shape index (κ2) is 13.4. The summed E-state index contributed by atoms with van der Waals surface area (Å²) in [5, 5.41) is 10.1. The zero-order chi connectivity index (χ0) is 32.1. The summed E-state index contributed by atoms with van der Waals surface area (Å²) in [6.45, 7) is 5.84. The number of carbonyl (C=O) groups excluding carboxylic acids is 4. The van der Waals surface area contributed by atoms with Crippen molar-refractivity contribution < 1.29 is 47.3 Å². The van der Waals surface area contributed by atoms with Gasteiger partial charge in [0.25, 0.3) is 5.56 Å². The second-order valence-corrected chi connectivity index (χ2v) is 10.0. The summed E-state index contributed by atoms with van der Waals surface area (Å²) in [6, 6.07) is 13.8. The Hall–Kier alpha value is -5.22. The Morgan fingerprint density at radius 1 is 0.886 bits per heavy atom. The maximum absolute atomic E-state index is 14.3. The van der Waals surface area contributed by atoms with Crippen LogP contribution in [-0.4, -0.2) is 59.5 Å². The van der Waals surface area contributed by atoms with Gasteiger partial charge in [0.1, 0.15) is 30.1 Å². The summed E-state index contributed by atoms with van der Waals surface area (Å²) in [7, 11) is 0. The van der Waals surface area contributed by atoms with Crippen LogP contribution in [0, 0.1) is 18.3 Å². The van der Waals surface area contributed by atoms with E-state index in [1.807, 2.05) is 25.1 Å². The largest absolute Gasteiger partial charge is 0.464 e.